The first-order chi connectivity index (χ1) is 6.25. The minimum Gasteiger partial charge on any atom is -0.484 e. The maximum Gasteiger partial charge on any atom is 0.262 e. The van der Waals surface area contributed by atoms with Gasteiger partial charge in [0.1, 0.15) is 0 Å². The van der Waals surface area contributed by atoms with Gasteiger partial charge in [-0.05, 0) is 24.5 Å². The lowest BCUT2D eigenvalue weighted by Crippen LogP contribution is -2.32. The van der Waals surface area contributed by atoms with Gasteiger partial charge in [-0.3, -0.25) is 4.79 Å². The second kappa shape index (κ2) is 4.70. The Morgan fingerprint density at radius 3 is 3.08 bits per heavy atom. The first kappa shape index (κ1) is 9.84. The highest BCUT2D eigenvalue weighted by molar-refractivity contribution is 5.82. The van der Waals surface area contributed by atoms with Crippen molar-refractivity contribution in [2.75, 3.05) is 0 Å². The fourth-order valence-electron chi connectivity index (χ4n) is 1.31. The average Bonchev–Trinajstić information content (AvgIpc) is 2.15. The molecule has 3 nitrogen and oxygen atoms in total. The van der Waals surface area contributed by atoms with Gasteiger partial charge >= 0.3 is 0 Å². The summed E-state index contributed by atoms with van der Waals surface area (Å²) >= 11 is 0. The summed E-state index contributed by atoms with van der Waals surface area (Å²) in [6.45, 7) is 2.11. The second-order valence-corrected chi connectivity index (χ2v) is 3.09. The van der Waals surface area contributed by atoms with Crippen LogP contribution in [0, 0.1) is 0 Å². The smallest absolute Gasteiger partial charge is 0.262 e. The Bertz CT molecular complexity index is 243. The zero-order valence-corrected chi connectivity index (χ0v) is 7.82. The van der Waals surface area contributed by atoms with Crippen molar-refractivity contribution in [2.45, 2.75) is 32.3 Å². The summed E-state index contributed by atoms with van der Waals surface area (Å²) in [5.74, 6) is -0.410. The van der Waals surface area contributed by atoms with Gasteiger partial charge in [0.2, 0.25) is 0 Å². The Morgan fingerprint density at radius 2 is 2.46 bits per heavy atom. The molecule has 0 radical (unpaired) electrons. The zero-order valence-electron chi connectivity index (χ0n) is 7.82. The molecular formula is C10H15NO2. The van der Waals surface area contributed by atoms with Gasteiger partial charge in [0.05, 0.1) is 6.26 Å². The number of hydrogen-bond donors (Lipinski definition) is 1. The van der Waals surface area contributed by atoms with Crippen LogP contribution in [-0.2, 0) is 9.53 Å². The Kier molecular flexibility index (Phi) is 3.55. The molecule has 13 heavy (non-hydrogen) atoms. The van der Waals surface area contributed by atoms with E-state index in [0.29, 0.717) is 0 Å². The number of carbonyl (C=O) groups excluding carboxylic acids is 1. The summed E-state index contributed by atoms with van der Waals surface area (Å²) in [5.41, 5.74) is 6.17. The SMILES string of the molecule is CCCCC1=CC=COC1C(N)=O. The fraction of sp³-hybridized carbons (Fsp3) is 0.500. The van der Waals surface area contributed by atoms with Crippen LogP contribution in [0.2, 0.25) is 0 Å². The topological polar surface area (TPSA) is 52.3 Å². The standard InChI is InChI=1S/C10H15NO2/c1-2-3-5-8-6-4-7-13-9(8)10(11)12/h4,6-7,9H,2-3,5H2,1H3,(H2,11,12). The zero-order chi connectivity index (χ0) is 9.68. The number of primary amides is 1. The van der Waals surface area contributed by atoms with Crippen LogP contribution >= 0.6 is 0 Å². The van der Waals surface area contributed by atoms with Crippen LogP contribution in [-0.4, -0.2) is 12.0 Å². The molecule has 1 rings (SSSR count). The van der Waals surface area contributed by atoms with Gasteiger partial charge in [-0.15, -0.1) is 0 Å². The number of rotatable bonds is 4. The predicted molar refractivity (Wildman–Crippen MR) is 50.8 cm³/mol. The molecule has 0 saturated heterocycles. The quantitative estimate of drug-likeness (QED) is 0.714. The predicted octanol–water partition coefficient (Wildman–Crippen LogP) is 1.50. The molecule has 0 aliphatic carbocycles. The van der Waals surface area contributed by atoms with Crippen molar-refractivity contribution in [3.63, 3.8) is 0 Å². The number of amides is 1. The van der Waals surface area contributed by atoms with Gasteiger partial charge in [0, 0.05) is 0 Å². The summed E-state index contributed by atoms with van der Waals surface area (Å²) in [7, 11) is 0. The summed E-state index contributed by atoms with van der Waals surface area (Å²) < 4.78 is 5.13. The third-order valence-corrected chi connectivity index (χ3v) is 2.02. The molecule has 0 bridgehead atoms. The average molecular weight is 181 g/mol. The van der Waals surface area contributed by atoms with Crippen LogP contribution < -0.4 is 5.73 Å². The number of allylic oxidation sites excluding steroid dienone is 2. The Labute approximate surface area is 78.3 Å². The van der Waals surface area contributed by atoms with Crippen LogP contribution in [0.5, 0.6) is 0 Å². The fourth-order valence-corrected chi connectivity index (χ4v) is 1.31. The molecule has 0 saturated carbocycles. The molecule has 72 valence electrons. The van der Waals surface area contributed by atoms with E-state index in [1.807, 2.05) is 6.08 Å². The van der Waals surface area contributed by atoms with E-state index >= 15 is 0 Å². The first-order valence-electron chi connectivity index (χ1n) is 4.56. The highest BCUT2D eigenvalue weighted by Gasteiger charge is 2.21. The highest BCUT2D eigenvalue weighted by atomic mass is 16.5. The number of ether oxygens (including phenoxy) is 1. The van der Waals surface area contributed by atoms with Crippen molar-refractivity contribution in [2.24, 2.45) is 5.73 Å². The van der Waals surface area contributed by atoms with E-state index in [1.165, 1.54) is 6.26 Å². The molecule has 1 unspecified atom stereocenters. The van der Waals surface area contributed by atoms with E-state index in [9.17, 15) is 4.79 Å². The highest BCUT2D eigenvalue weighted by Crippen LogP contribution is 2.18. The van der Waals surface area contributed by atoms with Crippen LogP contribution in [0.4, 0.5) is 0 Å². The molecule has 0 aromatic carbocycles. The summed E-state index contributed by atoms with van der Waals surface area (Å²) in [4.78, 5) is 11.0. The minimum atomic E-state index is -0.545. The van der Waals surface area contributed by atoms with Gasteiger partial charge in [0.25, 0.3) is 5.91 Å². The van der Waals surface area contributed by atoms with Crippen molar-refractivity contribution >= 4 is 5.91 Å². The molecule has 3 heteroatoms. The number of hydrogen-bond acceptors (Lipinski definition) is 2. The van der Waals surface area contributed by atoms with Crippen LogP contribution in [0.1, 0.15) is 26.2 Å². The molecule has 0 aromatic heterocycles. The van der Waals surface area contributed by atoms with E-state index in [-0.39, 0.29) is 0 Å². The van der Waals surface area contributed by atoms with E-state index in [4.69, 9.17) is 10.5 Å². The minimum absolute atomic E-state index is 0.410. The normalized spacial score (nSPS) is 20.7. The van der Waals surface area contributed by atoms with Crippen molar-refractivity contribution in [1.29, 1.82) is 0 Å². The third kappa shape index (κ3) is 2.61. The van der Waals surface area contributed by atoms with E-state index < -0.39 is 12.0 Å². The van der Waals surface area contributed by atoms with E-state index in [2.05, 4.69) is 6.92 Å². The van der Waals surface area contributed by atoms with Crippen molar-refractivity contribution in [3.05, 3.63) is 24.0 Å². The molecule has 0 spiro atoms. The van der Waals surface area contributed by atoms with Gasteiger partial charge in [-0.1, -0.05) is 19.4 Å². The second-order valence-electron chi connectivity index (χ2n) is 3.09. The van der Waals surface area contributed by atoms with Gasteiger partial charge in [-0.2, -0.15) is 0 Å². The summed E-state index contributed by atoms with van der Waals surface area (Å²) in [5, 5.41) is 0. The largest absolute Gasteiger partial charge is 0.484 e. The maximum atomic E-state index is 11.0. The van der Waals surface area contributed by atoms with Gasteiger partial charge in [-0.25, -0.2) is 0 Å². The Morgan fingerprint density at radius 1 is 1.69 bits per heavy atom. The van der Waals surface area contributed by atoms with Crippen LogP contribution in [0.3, 0.4) is 0 Å². The Balaban J connectivity index is 2.60. The van der Waals surface area contributed by atoms with E-state index in [1.54, 1.807) is 6.08 Å². The molecule has 1 amide bonds. The first-order valence-corrected chi connectivity index (χ1v) is 4.56. The third-order valence-electron chi connectivity index (χ3n) is 2.02. The van der Waals surface area contributed by atoms with Crippen molar-refractivity contribution in [3.8, 4) is 0 Å². The van der Waals surface area contributed by atoms with E-state index in [0.717, 1.165) is 24.8 Å². The maximum absolute atomic E-state index is 11.0. The monoisotopic (exact) mass is 181 g/mol. The van der Waals surface area contributed by atoms with Gasteiger partial charge < -0.3 is 10.5 Å². The molecular weight excluding hydrogens is 166 g/mol. The lowest BCUT2D eigenvalue weighted by atomic mass is 10.0. The molecule has 1 aliphatic rings. The summed E-state index contributed by atoms with van der Waals surface area (Å²) in [6, 6.07) is 0. The molecule has 2 N–H and O–H groups in total. The lowest BCUT2D eigenvalue weighted by Gasteiger charge is -2.19. The number of nitrogens with two attached hydrogens (primary N) is 1. The molecule has 1 atom stereocenters. The van der Waals surface area contributed by atoms with Gasteiger partial charge in [0.15, 0.2) is 6.10 Å². The van der Waals surface area contributed by atoms with Crippen LogP contribution in [0.25, 0.3) is 0 Å². The number of unbranched alkanes of at least 4 members (excludes halogenated alkanes) is 1. The Hall–Kier alpha value is -1.25. The molecule has 1 aliphatic heterocycles. The van der Waals surface area contributed by atoms with Crippen LogP contribution in [0.15, 0.2) is 24.0 Å². The molecule has 0 fully saturated rings. The molecule has 0 aromatic rings. The van der Waals surface area contributed by atoms with Crippen molar-refractivity contribution in [1.82, 2.24) is 0 Å². The number of carbonyl (C=O) groups is 1. The van der Waals surface area contributed by atoms with Crippen molar-refractivity contribution < 1.29 is 9.53 Å². The molecule has 1 heterocycles. The summed E-state index contributed by atoms with van der Waals surface area (Å²) in [6.07, 6.45) is 7.72. The lowest BCUT2D eigenvalue weighted by molar-refractivity contribution is -0.124.